The van der Waals surface area contributed by atoms with Gasteiger partial charge in [0.25, 0.3) is 0 Å². The van der Waals surface area contributed by atoms with Crippen molar-refractivity contribution in [3.8, 4) is 17.4 Å². The third-order valence-electron chi connectivity index (χ3n) is 4.48. The molecular weight excluding hydrogens is 354 g/mol. The molecule has 5 aromatic rings. The fraction of sp³-hybridized carbons (Fsp3) is 0. The number of aromatic nitrogens is 4. The average molecular weight is 367 g/mol. The third kappa shape index (κ3) is 2.70. The number of nitrogens with one attached hydrogen (secondary N) is 3. The zero-order valence-electron chi connectivity index (χ0n) is 14.5. The number of para-hydroxylation sites is 2. The Balaban J connectivity index is 1.51. The van der Waals surface area contributed by atoms with Gasteiger partial charge in [0.1, 0.15) is 23.4 Å². The largest absolute Gasteiger partial charge is 0.457 e. The van der Waals surface area contributed by atoms with Crippen molar-refractivity contribution in [2.75, 3.05) is 0 Å². The van der Waals surface area contributed by atoms with Gasteiger partial charge in [-0.2, -0.15) is 5.26 Å². The van der Waals surface area contributed by atoms with E-state index in [1.807, 2.05) is 48.5 Å². The van der Waals surface area contributed by atoms with Crippen molar-refractivity contribution in [3.63, 3.8) is 0 Å². The maximum Gasteiger partial charge on any atom is 0.323 e. The van der Waals surface area contributed by atoms with Gasteiger partial charge >= 0.3 is 5.69 Å². The van der Waals surface area contributed by atoms with Crippen LogP contribution in [0.4, 0.5) is 0 Å². The number of nitrogens with zero attached hydrogens (tertiary/aromatic N) is 2. The van der Waals surface area contributed by atoms with Gasteiger partial charge in [-0.05, 0) is 42.5 Å². The first-order valence-electron chi connectivity index (χ1n) is 8.59. The summed E-state index contributed by atoms with van der Waals surface area (Å²) in [5.74, 6) is 1.67. The lowest BCUT2D eigenvalue weighted by Crippen LogP contribution is -1.99. The molecule has 0 saturated carbocycles. The molecule has 0 aliphatic carbocycles. The summed E-state index contributed by atoms with van der Waals surface area (Å²) < 4.78 is 5.88. The summed E-state index contributed by atoms with van der Waals surface area (Å²) in [6, 6.07) is 18.9. The molecule has 0 bridgehead atoms. The maximum absolute atomic E-state index is 11.4. The van der Waals surface area contributed by atoms with E-state index in [4.69, 9.17) is 4.42 Å². The van der Waals surface area contributed by atoms with Crippen LogP contribution < -0.4 is 5.69 Å². The highest BCUT2D eigenvalue weighted by molar-refractivity contribution is 5.89. The second-order valence-corrected chi connectivity index (χ2v) is 6.31. The van der Waals surface area contributed by atoms with Gasteiger partial charge in [0, 0.05) is 11.6 Å². The SMILES string of the molecule is N#CC(=Cc1ccc(-c2ccc3[nH]c(=O)[nH]c3c2)o1)c1nc2ccccc2[nH]1. The molecule has 0 radical (unpaired) electrons. The molecule has 7 nitrogen and oxygen atoms in total. The second-order valence-electron chi connectivity index (χ2n) is 6.31. The van der Waals surface area contributed by atoms with Gasteiger partial charge in [0.2, 0.25) is 0 Å². The fourth-order valence-corrected chi connectivity index (χ4v) is 3.15. The third-order valence-corrected chi connectivity index (χ3v) is 4.48. The van der Waals surface area contributed by atoms with Gasteiger partial charge in [-0.3, -0.25) is 0 Å². The van der Waals surface area contributed by atoms with Crippen LogP contribution in [-0.2, 0) is 0 Å². The van der Waals surface area contributed by atoms with Crippen molar-refractivity contribution in [3.05, 3.63) is 76.7 Å². The van der Waals surface area contributed by atoms with Crippen molar-refractivity contribution in [1.29, 1.82) is 5.26 Å². The topological polar surface area (TPSA) is 114 Å². The number of imidazole rings is 2. The zero-order valence-corrected chi connectivity index (χ0v) is 14.5. The normalized spacial score (nSPS) is 11.9. The van der Waals surface area contributed by atoms with Crippen molar-refractivity contribution in [1.82, 2.24) is 19.9 Å². The summed E-state index contributed by atoms with van der Waals surface area (Å²) in [5.41, 5.74) is 4.06. The molecule has 28 heavy (non-hydrogen) atoms. The molecule has 0 fully saturated rings. The number of rotatable bonds is 3. The molecule has 0 aliphatic heterocycles. The van der Waals surface area contributed by atoms with E-state index in [-0.39, 0.29) is 5.69 Å². The lowest BCUT2D eigenvalue weighted by Gasteiger charge is -1.97. The van der Waals surface area contributed by atoms with E-state index in [2.05, 4.69) is 26.0 Å². The van der Waals surface area contributed by atoms with E-state index >= 15 is 0 Å². The monoisotopic (exact) mass is 367 g/mol. The predicted octanol–water partition coefficient (Wildman–Crippen LogP) is 4.06. The van der Waals surface area contributed by atoms with Gasteiger partial charge in [-0.1, -0.05) is 12.1 Å². The molecular formula is C21H13N5O2. The molecule has 0 spiro atoms. The fourth-order valence-electron chi connectivity index (χ4n) is 3.15. The van der Waals surface area contributed by atoms with Crippen molar-refractivity contribution >= 4 is 33.7 Å². The lowest BCUT2D eigenvalue weighted by molar-refractivity contribution is 0.572. The average Bonchev–Trinajstić information content (AvgIpc) is 3.42. The minimum atomic E-state index is -0.250. The summed E-state index contributed by atoms with van der Waals surface area (Å²) >= 11 is 0. The Kier molecular flexibility index (Phi) is 3.49. The van der Waals surface area contributed by atoms with Crippen LogP contribution in [0.1, 0.15) is 11.6 Å². The van der Waals surface area contributed by atoms with Crippen LogP contribution >= 0.6 is 0 Å². The lowest BCUT2D eigenvalue weighted by atomic mass is 10.1. The smallest absolute Gasteiger partial charge is 0.323 e. The maximum atomic E-state index is 11.4. The van der Waals surface area contributed by atoms with Crippen LogP contribution in [-0.4, -0.2) is 19.9 Å². The van der Waals surface area contributed by atoms with Crippen LogP contribution in [0, 0.1) is 11.3 Å². The number of fused-ring (bicyclic) bond motifs is 2. The molecule has 0 aliphatic rings. The Morgan fingerprint density at radius 1 is 1.00 bits per heavy atom. The minimum absolute atomic E-state index is 0.250. The quantitative estimate of drug-likeness (QED) is 0.417. The predicted molar refractivity (Wildman–Crippen MR) is 106 cm³/mol. The summed E-state index contributed by atoms with van der Waals surface area (Å²) in [7, 11) is 0. The van der Waals surface area contributed by atoms with Crippen LogP contribution in [0.15, 0.2) is 63.8 Å². The first-order chi connectivity index (χ1) is 13.7. The molecule has 0 atom stereocenters. The van der Waals surface area contributed by atoms with E-state index in [0.717, 1.165) is 22.1 Å². The number of allylic oxidation sites excluding steroid dienone is 1. The Morgan fingerprint density at radius 3 is 2.71 bits per heavy atom. The molecule has 0 unspecified atom stereocenters. The number of hydrogen-bond donors (Lipinski definition) is 3. The highest BCUT2D eigenvalue weighted by Gasteiger charge is 2.10. The number of nitriles is 1. The number of furan rings is 1. The van der Waals surface area contributed by atoms with E-state index in [0.29, 0.717) is 28.4 Å². The van der Waals surface area contributed by atoms with E-state index in [1.54, 1.807) is 12.1 Å². The first kappa shape index (κ1) is 15.9. The minimum Gasteiger partial charge on any atom is -0.457 e. The highest BCUT2D eigenvalue weighted by Crippen LogP contribution is 2.27. The molecule has 5 rings (SSSR count). The molecule has 0 amide bonds. The number of benzene rings is 2. The van der Waals surface area contributed by atoms with Crippen LogP contribution in [0.2, 0.25) is 0 Å². The van der Waals surface area contributed by atoms with Gasteiger partial charge in [0.05, 0.1) is 27.6 Å². The van der Waals surface area contributed by atoms with E-state index < -0.39 is 0 Å². The second kappa shape index (κ2) is 6.14. The van der Waals surface area contributed by atoms with E-state index in [1.165, 1.54) is 0 Å². The number of aromatic amines is 3. The number of H-pyrrole nitrogens is 3. The van der Waals surface area contributed by atoms with Crippen LogP contribution in [0.3, 0.4) is 0 Å². The van der Waals surface area contributed by atoms with Gasteiger partial charge in [0.15, 0.2) is 0 Å². The molecule has 3 aromatic heterocycles. The van der Waals surface area contributed by atoms with E-state index in [9.17, 15) is 10.1 Å². The highest BCUT2D eigenvalue weighted by atomic mass is 16.3. The summed E-state index contributed by atoms with van der Waals surface area (Å²) in [4.78, 5) is 24.5. The van der Waals surface area contributed by atoms with Gasteiger partial charge in [-0.25, -0.2) is 9.78 Å². The molecule has 3 heterocycles. The Morgan fingerprint density at radius 2 is 1.86 bits per heavy atom. The summed E-state index contributed by atoms with van der Waals surface area (Å²) in [5, 5.41) is 9.55. The van der Waals surface area contributed by atoms with Crippen LogP contribution in [0.25, 0.3) is 45.0 Å². The van der Waals surface area contributed by atoms with Crippen molar-refractivity contribution in [2.24, 2.45) is 0 Å². The van der Waals surface area contributed by atoms with Gasteiger partial charge in [-0.15, -0.1) is 0 Å². The van der Waals surface area contributed by atoms with Crippen molar-refractivity contribution < 1.29 is 4.42 Å². The number of hydrogen-bond acceptors (Lipinski definition) is 4. The van der Waals surface area contributed by atoms with Gasteiger partial charge < -0.3 is 19.4 Å². The Labute approximate surface area is 158 Å². The summed E-state index contributed by atoms with van der Waals surface area (Å²) in [6.07, 6.45) is 1.65. The molecule has 134 valence electrons. The zero-order chi connectivity index (χ0) is 19.1. The Hall–Kier alpha value is -4.31. The molecule has 7 heteroatoms. The first-order valence-corrected chi connectivity index (χ1v) is 8.59. The summed E-state index contributed by atoms with van der Waals surface area (Å²) in [6.45, 7) is 0. The van der Waals surface area contributed by atoms with Crippen molar-refractivity contribution in [2.45, 2.75) is 0 Å². The Bertz CT molecular complexity index is 1420. The molecule has 0 saturated heterocycles. The van der Waals surface area contributed by atoms with Crippen LogP contribution in [0.5, 0.6) is 0 Å². The molecule has 3 N–H and O–H groups in total. The molecule has 2 aromatic carbocycles. The standard InChI is InChI=1S/C21H13N5O2/c22-11-13(20-23-15-3-1-2-4-16(15)24-20)9-14-6-8-19(28-14)12-5-7-17-18(10-12)26-21(27)25-17/h1-10H,(H,23,24)(H2,25,26,27).